The first-order valence-electron chi connectivity index (χ1n) is 8.94. The van der Waals surface area contributed by atoms with Crippen LogP contribution in [0.25, 0.3) is 0 Å². The first-order valence-corrected chi connectivity index (χ1v) is 9.93. The van der Waals surface area contributed by atoms with Gasteiger partial charge in [-0.1, -0.05) is 36.4 Å². The van der Waals surface area contributed by atoms with E-state index in [2.05, 4.69) is 31.5 Å². The average molecular weight is 387 g/mol. The number of benzene rings is 2. The highest BCUT2D eigenvalue weighted by atomic mass is 32.2. The lowest BCUT2D eigenvalue weighted by molar-refractivity contribution is -0.872. The Labute approximate surface area is 165 Å². The third-order valence-corrected chi connectivity index (χ3v) is 5.14. The Morgan fingerprint density at radius 3 is 2.30 bits per heavy atom. The lowest BCUT2D eigenvalue weighted by atomic mass is 10.1. The summed E-state index contributed by atoms with van der Waals surface area (Å²) >= 11 is 1.39. The second-order valence-electron chi connectivity index (χ2n) is 6.91. The molecule has 2 aromatic rings. The molecule has 0 aliphatic rings. The Balaban J connectivity index is 2.06. The highest BCUT2D eigenvalue weighted by molar-refractivity contribution is 8.00. The molecule has 0 fully saturated rings. The van der Waals surface area contributed by atoms with E-state index in [1.807, 2.05) is 30.3 Å². The molecule has 0 atom stereocenters. The Hall–Kier alpha value is -2.31. The van der Waals surface area contributed by atoms with Crippen LogP contribution in [0.2, 0.25) is 0 Å². The second-order valence-corrected chi connectivity index (χ2v) is 7.93. The molecule has 0 bridgehead atoms. The van der Waals surface area contributed by atoms with Gasteiger partial charge in [0.25, 0.3) is 5.91 Å². The number of amides is 2. The van der Waals surface area contributed by atoms with Crippen LogP contribution in [0.5, 0.6) is 0 Å². The van der Waals surface area contributed by atoms with E-state index in [1.54, 1.807) is 25.1 Å². The van der Waals surface area contributed by atoms with Crippen molar-refractivity contribution < 1.29 is 14.5 Å². The number of rotatable bonds is 8. The minimum Gasteiger partial charge on any atom is -0.348 e. The van der Waals surface area contributed by atoms with Gasteiger partial charge in [0.15, 0.2) is 0 Å². The normalized spacial score (nSPS) is 10.7. The van der Waals surface area contributed by atoms with E-state index in [0.717, 1.165) is 17.0 Å². The molecule has 144 valence electrons. The van der Waals surface area contributed by atoms with E-state index < -0.39 is 0 Å². The summed E-state index contributed by atoms with van der Waals surface area (Å²) in [7, 11) is 7.68. The molecule has 2 rings (SSSR count). The second kappa shape index (κ2) is 10.1. The van der Waals surface area contributed by atoms with Gasteiger partial charge in [-0.05, 0) is 17.7 Å². The molecule has 27 heavy (non-hydrogen) atoms. The zero-order chi connectivity index (χ0) is 19.8. The van der Waals surface area contributed by atoms with Gasteiger partial charge in [-0.25, -0.2) is 0 Å². The van der Waals surface area contributed by atoms with Crippen molar-refractivity contribution in [2.75, 3.05) is 33.9 Å². The monoisotopic (exact) mass is 386 g/mol. The fraction of sp³-hybridized carbons (Fsp3) is 0.333. The number of thioether (sulfide) groups is 1. The molecule has 2 N–H and O–H groups in total. The smallest absolute Gasteiger partial charge is 0.252 e. The Kier molecular flexibility index (Phi) is 7.88. The van der Waals surface area contributed by atoms with Crippen molar-refractivity contribution >= 4 is 23.6 Å². The minimum absolute atomic E-state index is 0.0234. The van der Waals surface area contributed by atoms with E-state index in [9.17, 15) is 9.59 Å². The number of hydrogen-bond acceptors (Lipinski definition) is 3. The van der Waals surface area contributed by atoms with E-state index in [0.29, 0.717) is 17.9 Å². The van der Waals surface area contributed by atoms with Gasteiger partial charge in [-0.3, -0.25) is 9.59 Å². The van der Waals surface area contributed by atoms with Crippen LogP contribution in [0.1, 0.15) is 21.5 Å². The molecule has 2 amide bonds. The van der Waals surface area contributed by atoms with Crippen molar-refractivity contribution in [3.05, 3.63) is 65.2 Å². The summed E-state index contributed by atoms with van der Waals surface area (Å²) in [6.07, 6.45) is 0. The van der Waals surface area contributed by atoms with Gasteiger partial charge in [0.2, 0.25) is 5.91 Å². The van der Waals surface area contributed by atoms with Gasteiger partial charge in [0.1, 0.15) is 6.54 Å². The number of nitrogens with one attached hydrogen (secondary N) is 2. The van der Waals surface area contributed by atoms with Crippen LogP contribution in [0, 0.1) is 0 Å². The van der Waals surface area contributed by atoms with Crippen molar-refractivity contribution in [3.8, 4) is 0 Å². The summed E-state index contributed by atoms with van der Waals surface area (Å²) in [5.41, 5.74) is 2.96. The molecule has 6 heteroatoms. The first-order chi connectivity index (χ1) is 12.9. The maximum atomic E-state index is 12.7. The van der Waals surface area contributed by atoms with Crippen LogP contribution in [-0.2, 0) is 17.9 Å². The van der Waals surface area contributed by atoms with Crippen LogP contribution >= 0.6 is 11.8 Å². The predicted octanol–water partition coefficient (Wildman–Crippen LogP) is 1.44. The summed E-state index contributed by atoms with van der Waals surface area (Å²) in [6.45, 7) is 1.39. The van der Waals surface area contributed by atoms with Gasteiger partial charge in [-0.15, -0.1) is 11.8 Å². The van der Waals surface area contributed by atoms with Gasteiger partial charge in [0, 0.05) is 31.1 Å². The maximum absolute atomic E-state index is 12.7. The lowest BCUT2D eigenvalue weighted by Gasteiger charge is -2.14. The van der Waals surface area contributed by atoms with Gasteiger partial charge in [-0.2, -0.15) is 0 Å². The molecule has 0 aliphatic heterocycles. The van der Waals surface area contributed by atoms with Crippen LogP contribution in [-0.4, -0.2) is 50.7 Å². The molecule has 5 nitrogen and oxygen atoms in total. The quantitative estimate of drug-likeness (QED) is 0.675. The highest BCUT2D eigenvalue weighted by Gasteiger charge is 2.14. The largest absolute Gasteiger partial charge is 0.348 e. The third kappa shape index (κ3) is 6.41. The summed E-state index contributed by atoms with van der Waals surface area (Å²) in [5, 5.41) is 3.02. The zero-order valence-corrected chi connectivity index (χ0v) is 17.2. The van der Waals surface area contributed by atoms with Crippen LogP contribution < -0.4 is 10.2 Å². The van der Waals surface area contributed by atoms with Crippen LogP contribution in [0.4, 0.5) is 0 Å². The van der Waals surface area contributed by atoms with Gasteiger partial charge < -0.3 is 15.1 Å². The standard InChI is InChI=1S/C21H27N3O2S/c1-23(2)14-17-10-6-5-9-16(17)13-22-21(26)18-11-7-8-12-19(18)27-15-20(25)24(3)4/h5-12H,13-15H2,1-4H3,(H,22,26)/p+1. The number of nitrogens with zero attached hydrogens (tertiary/aromatic N) is 1. The molecule has 2 aromatic carbocycles. The van der Waals surface area contributed by atoms with Gasteiger partial charge >= 0.3 is 0 Å². The van der Waals surface area contributed by atoms with Crippen molar-refractivity contribution in [1.82, 2.24) is 10.2 Å². The lowest BCUT2D eigenvalue weighted by Crippen LogP contribution is -3.04. The molecule has 0 aliphatic carbocycles. The molecule has 0 saturated carbocycles. The third-order valence-electron chi connectivity index (χ3n) is 4.08. The number of hydrogen-bond donors (Lipinski definition) is 2. The topological polar surface area (TPSA) is 53.9 Å². The van der Waals surface area contributed by atoms with Crippen molar-refractivity contribution in [2.45, 2.75) is 18.0 Å². The van der Waals surface area contributed by atoms with E-state index in [4.69, 9.17) is 0 Å². The van der Waals surface area contributed by atoms with Crippen LogP contribution in [0.3, 0.4) is 0 Å². The van der Waals surface area contributed by atoms with E-state index >= 15 is 0 Å². The Bertz CT molecular complexity index is 791. The summed E-state index contributed by atoms with van der Waals surface area (Å²) < 4.78 is 0. The zero-order valence-electron chi connectivity index (χ0n) is 16.4. The van der Waals surface area contributed by atoms with Crippen molar-refractivity contribution in [2.24, 2.45) is 0 Å². The molecule has 0 heterocycles. The maximum Gasteiger partial charge on any atom is 0.252 e. The fourth-order valence-electron chi connectivity index (χ4n) is 2.60. The Morgan fingerprint density at radius 2 is 1.63 bits per heavy atom. The minimum atomic E-state index is -0.123. The molecular weight excluding hydrogens is 358 g/mol. The van der Waals surface area contributed by atoms with Crippen molar-refractivity contribution in [1.29, 1.82) is 0 Å². The summed E-state index contributed by atoms with van der Waals surface area (Å²) in [6, 6.07) is 15.6. The van der Waals surface area contributed by atoms with Gasteiger partial charge in [0.05, 0.1) is 25.4 Å². The number of carbonyl (C=O) groups is 2. The SMILES string of the molecule is CN(C)C(=O)CSc1ccccc1C(=O)NCc1ccccc1C[NH+](C)C. The predicted molar refractivity (Wildman–Crippen MR) is 110 cm³/mol. The summed E-state index contributed by atoms with van der Waals surface area (Å²) in [4.78, 5) is 28.3. The van der Waals surface area contributed by atoms with E-state index in [1.165, 1.54) is 22.2 Å². The Morgan fingerprint density at radius 1 is 1.00 bits per heavy atom. The highest BCUT2D eigenvalue weighted by Crippen LogP contribution is 2.23. The molecule has 0 spiro atoms. The summed E-state index contributed by atoms with van der Waals surface area (Å²) in [5.74, 6) is 0.212. The number of carbonyl (C=O) groups excluding carboxylic acids is 2. The first kappa shape index (κ1) is 21.0. The molecular formula is C21H28N3O2S+. The van der Waals surface area contributed by atoms with E-state index in [-0.39, 0.29) is 11.8 Å². The number of quaternary nitrogens is 1. The molecule has 0 radical (unpaired) electrons. The van der Waals surface area contributed by atoms with Crippen LogP contribution in [0.15, 0.2) is 53.4 Å². The fourth-order valence-corrected chi connectivity index (χ4v) is 3.63. The molecule has 0 saturated heterocycles. The molecule has 0 aromatic heterocycles. The van der Waals surface area contributed by atoms with Crippen molar-refractivity contribution in [3.63, 3.8) is 0 Å². The average Bonchev–Trinajstić information content (AvgIpc) is 2.64. The molecule has 0 unspecified atom stereocenters.